The molecule has 1 aromatic carbocycles. The number of nitrogens with one attached hydrogen (secondary N) is 2. The van der Waals surface area contributed by atoms with Gasteiger partial charge < -0.3 is 15.4 Å². The minimum Gasteiger partial charge on any atom is -0.480 e. The Morgan fingerprint density at radius 1 is 0.971 bits per heavy atom. The number of aromatic nitrogens is 5. The van der Waals surface area contributed by atoms with E-state index in [2.05, 4.69) is 31.3 Å². The Morgan fingerprint density at radius 3 is 2.59 bits per heavy atom. The van der Waals surface area contributed by atoms with Gasteiger partial charge >= 0.3 is 5.97 Å². The van der Waals surface area contributed by atoms with Crippen LogP contribution in [0.4, 0.5) is 0 Å². The zero-order chi connectivity index (χ0) is 23.5. The Labute approximate surface area is 195 Å². The fraction of sp³-hybridized carbons (Fsp3) is 0.115. The lowest BCUT2D eigenvalue weighted by molar-refractivity contribution is -0.135. The number of aliphatic carboxylic acids is 1. The van der Waals surface area contributed by atoms with Gasteiger partial charge in [0.15, 0.2) is 5.82 Å². The van der Waals surface area contributed by atoms with Crippen LogP contribution >= 0.6 is 0 Å². The van der Waals surface area contributed by atoms with Gasteiger partial charge in [0.2, 0.25) is 0 Å². The predicted octanol–water partition coefficient (Wildman–Crippen LogP) is 4.23. The highest BCUT2D eigenvalue weighted by Gasteiger charge is 2.14. The highest BCUT2D eigenvalue weighted by atomic mass is 16.4. The van der Waals surface area contributed by atoms with Crippen molar-refractivity contribution in [2.45, 2.75) is 13.5 Å². The molecule has 4 aromatic heterocycles. The van der Waals surface area contributed by atoms with Crippen molar-refractivity contribution in [1.29, 1.82) is 0 Å². The Bertz CT molecular complexity index is 1480. The summed E-state index contributed by atoms with van der Waals surface area (Å²) in [4.78, 5) is 32.4. The molecule has 0 amide bonds. The zero-order valence-electron chi connectivity index (χ0n) is 18.5. The molecule has 0 saturated heterocycles. The molecule has 0 radical (unpaired) electrons. The van der Waals surface area contributed by atoms with Crippen LogP contribution in [0.5, 0.6) is 0 Å². The lowest BCUT2D eigenvalue weighted by atomic mass is 10.0. The number of rotatable bonds is 7. The standard InChI is InChI=1S/C26H22N6O2/c1-16-3-2-4-22(30-16)26-31-24(21-9-10-29-25(21)32-26)20-11-19(13-28-14-20)18-7-5-17(6-8-18)12-27-15-23(33)34/h2-11,13-14,27H,12,15H2,1H3,(H,33,34)(H,29,31,32). The molecule has 5 rings (SSSR count). The molecule has 0 aliphatic carbocycles. The number of carbonyl (C=O) groups is 1. The summed E-state index contributed by atoms with van der Waals surface area (Å²) >= 11 is 0. The molecule has 34 heavy (non-hydrogen) atoms. The van der Waals surface area contributed by atoms with Crippen molar-refractivity contribution in [2.75, 3.05) is 6.54 Å². The molecule has 0 aliphatic heterocycles. The van der Waals surface area contributed by atoms with E-state index in [1.54, 1.807) is 6.20 Å². The maximum absolute atomic E-state index is 10.7. The summed E-state index contributed by atoms with van der Waals surface area (Å²) in [6, 6.07) is 17.8. The fourth-order valence-corrected chi connectivity index (χ4v) is 3.80. The van der Waals surface area contributed by atoms with Gasteiger partial charge in [-0.25, -0.2) is 15.0 Å². The third kappa shape index (κ3) is 4.53. The molecule has 4 heterocycles. The molecule has 0 bridgehead atoms. The van der Waals surface area contributed by atoms with E-state index in [1.165, 1.54) is 0 Å². The average molecular weight is 451 g/mol. The maximum Gasteiger partial charge on any atom is 0.317 e. The highest BCUT2D eigenvalue weighted by molar-refractivity contribution is 5.92. The number of H-pyrrole nitrogens is 1. The summed E-state index contributed by atoms with van der Waals surface area (Å²) in [6.07, 6.45) is 5.47. The maximum atomic E-state index is 10.7. The van der Waals surface area contributed by atoms with Gasteiger partial charge in [0, 0.05) is 47.3 Å². The number of carboxylic acids is 1. The third-order valence-electron chi connectivity index (χ3n) is 5.44. The van der Waals surface area contributed by atoms with Gasteiger partial charge in [-0.1, -0.05) is 30.3 Å². The number of aryl methyl sites for hydroxylation is 1. The van der Waals surface area contributed by atoms with Crippen LogP contribution in [-0.4, -0.2) is 42.5 Å². The van der Waals surface area contributed by atoms with E-state index in [9.17, 15) is 4.79 Å². The first-order valence-electron chi connectivity index (χ1n) is 10.8. The van der Waals surface area contributed by atoms with Gasteiger partial charge in [-0.3, -0.25) is 9.78 Å². The van der Waals surface area contributed by atoms with Crippen LogP contribution in [0.2, 0.25) is 0 Å². The first kappa shape index (κ1) is 21.4. The van der Waals surface area contributed by atoms with E-state index in [1.807, 2.05) is 67.8 Å². The molecule has 0 unspecified atom stereocenters. The first-order chi connectivity index (χ1) is 16.6. The van der Waals surface area contributed by atoms with Crippen molar-refractivity contribution in [3.63, 3.8) is 0 Å². The Balaban J connectivity index is 1.49. The van der Waals surface area contributed by atoms with Crippen LogP contribution in [0.3, 0.4) is 0 Å². The number of pyridine rings is 2. The molecular formula is C26H22N6O2. The molecule has 8 nitrogen and oxygen atoms in total. The largest absolute Gasteiger partial charge is 0.480 e. The van der Waals surface area contributed by atoms with Gasteiger partial charge in [-0.15, -0.1) is 0 Å². The topological polar surface area (TPSA) is 117 Å². The second-order valence-corrected chi connectivity index (χ2v) is 7.96. The van der Waals surface area contributed by atoms with Crippen molar-refractivity contribution in [2.24, 2.45) is 0 Å². The summed E-state index contributed by atoms with van der Waals surface area (Å²) in [5, 5.41) is 12.6. The Kier molecular flexibility index (Phi) is 5.80. The summed E-state index contributed by atoms with van der Waals surface area (Å²) in [5.41, 5.74) is 7.00. The summed E-state index contributed by atoms with van der Waals surface area (Å²) in [5.74, 6) is -0.320. The molecular weight excluding hydrogens is 428 g/mol. The number of aromatic amines is 1. The number of hydrogen-bond acceptors (Lipinski definition) is 6. The first-order valence-corrected chi connectivity index (χ1v) is 10.8. The van der Waals surface area contributed by atoms with Crippen LogP contribution in [0, 0.1) is 6.92 Å². The van der Waals surface area contributed by atoms with E-state index in [0.29, 0.717) is 18.1 Å². The van der Waals surface area contributed by atoms with Gasteiger partial charge in [0.25, 0.3) is 0 Å². The summed E-state index contributed by atoms with van der Waals surface area (Å²) in [6.45, 7) is 2.37. The molecule has 0 spiro atoms. The van der Waals surface area contributed by atoms with Crippen LogP contribution in [0.1, 0.15) is 11.3 Å². The van der Waals surface area contributed by atoms with Crippen molar-refractivity contribution in [1.82, 2.24) is 30.2 Å². The molecule has 0 aliphatic rings. The second kappa shape index (κ2) is 9.21. The van der Waals surface area contributed by atoms with E-state index in [-0.39, 0.29) is 6.54 Å². The molecule has 0 atom stereocenters. The average Bonchev–Trinajstić information content (AvgIpc) is 3.33. The summed E-state index contributed by atoms with van der Waals surface area (Å²) < 4.78 is 0. The highest BCUT2D eigenvalue weighted by Crippen LogP contribution is 2.30. The van der Waals surface area contributed by atoms with Crippen molar-refractivity contribution in [3.05, 3.63) is 84.4 Å². The minimum atomic E-state index is -0.873. The summed E-state index contributed by atoms with van der Waals surface area (Å²) in [7, 11) is 0. The Morgan fingerprint density at radius 2 is 1.79 bits per heavy atom. The van der Waals surface area contributed by atoms with Gasteiger partial charge in [0.05, 0.1) is 12.2 Å². The quantitative estimate of drug-likeness (QED) is 0.340. The number of carboxylic acid groups (broad SMARTS) is 1. The lowest BCUT2D eigenvalue weighted by Crippen LogP contribution is -2.21. The molecule has 3 N–H and O–H groups in total. The van der Waals surface area contributed by atoms with E-state index >= 15 is 0 Å². The lowest BCUT2D eigenvalue weighted by Gasteiger charge is -2.09. The van der Waals surface area contributed by atoms with Crippen LogP contribution in [0.25, 0.3) is 44.9 Å². The normalized spacial score (nSPS) is 11.1. The number of benzene rings is 1. The van der Waals surface area contributed by atoms with Gasteiger partial charge in [-0.2, -0.15) is 0 Å². The molecule has 5 aromatic rings. The van der Waals surface area contributed by atoms with Crippen LogP contribution < -0.4 is 5.32 Å². The molecule has 168 valence electrons. The second-order valence-electron chi connectivity index (χ2n) is 7.96. The minimum absolute atomic E-state index is 0.0691. The smallest absolute Gasteiger partial charge is 0.317 e. The molecule has 0 saturated carbocycles. The zero-order valence-corrected chi connectivity index (χ0v) is 18.5. The number of fused-ring (bicyclic) bond motifs is 1. The number of nitrogens with zero attached hydrogens (tertiary/aromatic N) is 4. The third-order valence-corrected chi connectivity index (χ3v) is 5.44. The van der Waals surface area contributed by atoms with Crippen LogP contribution in [0.15, 0.2) is 73.2 Å². The van der Waals surface area contributed by atoms with Crippen molar-refractivity contribution >= 4 is 17.0 Å². The van der Waals surface area contributed by atoms with E-state index < -0.39 is 5.97 Å². The van der Waals surface area contributed by atoms with E-state index in [0.717, 1.165) is 44.7 Å². The fourth-order valence-electron chi connectivity index (χ4n) is 3.80. The van der Waals surface area contributed by atoms with Crippen molar-refractivity contribution < 1.29 is 9.90 Å². The predicted molar refractivity (Wildman–Crippen MR) is 130 cm³/mol. The monoisotopic (exact) mass is 450 g/mol. The Hall–Kier alpha value is -4.43. The molecule has 8 heteroatoms. The van der Waals surface area contributed by atoms with Gasteiger partial charge in [-0.05, 0) is 42.3 Å². The molecule has 0 fully saturated rings. The van der Waals surface area contributed by atoms with Crippen molar-refractivity contribution in [3.8, 4) is 33.9 Å². The van der Waals surface area contributed by atoms with E-state index in [4.69, 9.17) is 10.1 Å². The van der Waals surface area contributed by atoms with Crippen LogP contribution in [-0.2, 0) is 11.3 Å². The number of hydrogen-bond donors (Lipinski definition) is 3. The SMILES string of the molecule is Cc1cccc(-c2nc(-c3cncc(-c4ccc(CNCC(=O)O)cc4)c3)c3cc[nH]c3n2)n1. The van der Waals surface area contributed by atoms with Gasteiger partial charge in [0.1, 0.15) is 11.3 Å².